The van der Waals surface area contributed by atoms with Crippen LogP contribution in [0.5, 0.6) is 0 Å². The number of rotatable bonds is 11. The zero-order chi connectivity index (χ0) is 49.6. The summed E-state index contributed by atoms with van der Waals surface area (Å²) in [4.78, 5) is 25.9. The standard InChI is InChI=1S/C67H49N7/c1-68-63(48-27-12-4-13-28-48)70-64(49-29-14-5-15-30-49)69-45-54-37-21-39-59-61(54)62-58(38-22-40-60(62)74(59)57-43-55(46-23-8-2-9-24-46)42-56(44-57)47-25-10-3-11-26-47)52-35-20-36-53(41-52)67-72-65(50-31-16-6-17-32-50)71-66(73-67)51-33-18-7-19-34-51/h2-44H,45H2,1H3,(H,68,69,70). The van der Waals surface area contributed by atoms with Crippen LogP contribution in [0.4, 0.5) is 0 Å². The van der Waals surface area contributed by atoms with Gasteiger partial charge in [0.15, 0.2) is 23.3 Å². The van der Waals surface area contributed by atoms with Crippen molar-refractivity contribution in [2.75, 3.05) is 7.05 Å². The summed E-state index contributed by atoms with van der Waals surface area (Å²) in [5.41, 5.74) is 15.6. The lowest BCUT2D eigenvalue weighted by atomic mass is 9.96. The molecule has 0 unspecified atom stereocenters. The van der Waals surface area contributed by atoms with E-state index in [9.17, 15) is 0 Å². The summed E-state index contributed by atoms with van der Waals surface area (Å²) in [5, 5.41) is 5.58. The molecule has 352 valence electrons. The van der Waals surface area contributed by atoms with E-state index in [2.05, 4.69) is 174 Å². The van der Waals surface area contributed by atoms with Crippen molar-refractivity contribution in [3.63, 3.8) is 0 Å². The van der Waals surface area contributed by atoms with Crippen LogP contribution in [0, 0.1) is 0 Å². The van der Waals surface area contributed by atoms with E-state index in [0.29, 0.717) is 29.9 Å². The predicted octanol–water partition coefficient (Wildman–Crippen LogP) is 15.6. The highest BCUT2D eigenvalue weighted by molar-refractivity contribution is 6.17. The summed E-state index contributed by atoms with van der Waals surface area (Å²) in [5.74, 6) is 3.21. The largest absolute Gasteiger partial charge is 0.373 e. The molecule has 0 spiro atoms. The van der Waals surface area contributed by atoms with Gasteiger partial charge in [-0.25, -0.2) is 19.9 Å². The van der Waals surface area contributed by atoms with Crippen molar-refractivity contribution >= 4 is 33.5 Å². The number of benzene rings is 10. The van der Waals surface area contributed by atoms with Crippen LogP contribution < -0.4 is 5.32 Å². The molecule has 0 radical (unpaired) electrons. The summed E-state index contributed by atoms with van der Waals surface area (Å²) in [6.07, 6.45) is 0. The van der Waals surface area contributed by atoms with E-state index in [-0.39, 0.29) is 0 Å². The Balaban J connectivity index is 1.09. The van der Waals surface area contributed by atoms with E-state index >= 15 is 0 Å². The van der Waals surface area contributed by atoms with Gasteiger partial charge < -0.3 is 9.88 Å². The Bertz CT molecular complexity index is 3870. The van der Waals surface area contributed by atoms with Gasteiger partial charge in [-0.3, -0.25) is 4.99 Å². The highest BCUT2D eigenvalue weighted by Crippen LogP contribution is 2.42. The molecule has 0 bridgehead atoms. The van der Waals surface area contributed by atoms with Gasteiger partial charge in [-0.05, 0) is 75.3 Å². The molecule has 10 aromatic carbocycles. The quantitative estimate of drug-likeness (QED) is 0.103. The summed E-state index contributed by atoms with van der Waals surface area (Å²) < 4.78 is 2.43. The van der Waals surface area contributed by atoms with Crippen LogP contribution in [-0.2, 0) is 6.54 Å². The van der Waals surface area contributed by atoms with Gasteiger partial charge in [-0.15, -0.1) is 0 Å². The van der Waals surface area contributed by atoms with E-state index < -0.39 is 0 Å². The predicted molar refractivity (Wildman–Crippen MR) is 306 cm³/mol. The number of nitrogens with one attached hydrogen (secondary N) is 1. The molecule has 0 amide bonds. The van der Waals surface area contributed by atoms with E-state index in [4.69, 9.17) is 24.9 Å². The Hall–Kier alpha value is -9.85. The first-order chi connectivity index (χ1) is 36.6. The minimum Gasteiger partial charge on any atom is -0.373 e. The molecule has 2 heterocycles. The topological polar surface area (TPSA) is 80.3 Å². The molecule has 0 aliphatic heterocycles. The average molecular weight is 952 g/mol. The number of aromatic nitrogens is 4. The van der Waals surface area contributed by atoms with Gasteiger partial charge in [-0.2, -0.15) is 0 Å². The van der Waals surface area contributed by atoms with Crippen LogP contribution in [0.1, 0.15) is 16.7 Å². The Morgan fingerprint density at radius 1 is 0.392 bits per heavy atom. The maximum atomic E-state index is 5.40. The number of fused-ring (bicyclic) bond motifs is 3. The number of hydrogen-bond donors (Lipinski definition) is 1. The van der Waals surface area contributed by atoms with Crippen molar-refractivity contribution in [1.29, 1.82) is 0 Å². The Labute approximate surface area is 430 Å². The third-order valence-corrected chi connectivity index (χ3v) is 13.4. The second-order valence-electron chi connectivity index (χ2n) is 18.0. The van der Waals surface area contributed by atoms with Crippen molar-refractivity contribution in [2.24, 2.45) is 9.98 Å². The van der Waals surface area contributed by atoms with E-state index in [0.717, 1.165) is 100 Å². The molecule has 0 saturated carbocycles. The fourth-order valence-corrected chi connectivity index (χ4v) is 9.83. The minimum atomic E-state index is 0.374. The summed E-state index contributed by atoms with van der Waals surface area (Å²) >= 11 is 0. The molecule has 0 aliphatic carbocycles. The molecule has 0 atom stereocenters. The number of aliphatic imine (C=N–C) groups is 2. The normalized spacial score (nSPS) is 11.8. The second kappa shape index (κ2) is 20.5. The minimum absolute atomic E-state index is 0.374. The first kappa shape index (κ1) is 45.3. The van der Waals surface area contributed by atoms with Gasteiger partial charge in [0, 0.05) is 51.3 Å². The van der Waals surface area contributed by atoms with Crippen molar-refractivity contribution in [3.05, 3.63) is 278 Å². The molecule has 0 saturated heterocycles. The number of hydrogen-bond acceptors (Lipinski definition) is 4. The highest BCUT2D eigenvalue weighted by atomic mass is 15.0. The Kier molecular flexibility index (Phi) is 12.5. The van der Waals surface area contributed by atoms with Crippen LogP contribution >= 0.6 is 0 Å². The fourth-order valence-electron chi connectivity index (χ4n) is 9.83. The Morgan fingerprint density at radius 3 is 1.38 bits per heavy atom. The van der Waals surface area contributed by atoms with E-state index in [1.165, 1.54) is 0 Å². The maximum Gasteiger partial charge on any atom is 0.164 e. The molecule has 7 nitrogen and oxygen atoms in total. The molecule has 2 aromatic heterocycles. The highest BCUT2D eigenvalue weighted by Gasteiger charge is 2.21. The van der Waals surface area contributed by atoms with Crippen molar-refractivity contribution in [3.8, 4) is 73.2 Å². The van der Waals surface area contributed by atoms with Crippen LogP contribution in [0.25, 0.3) is 95.0 Å². The van der Waals surface area contributed by atoms with Gasteiger partial charge in [0.1, 0.15) is 5.84 Å². The Morgan fingerprint density at radius 2 is 0.824 bits per heavy atom. The first-order valence-corrected chi connectivity index (χ1v) is 24.9. The van der Waals surface area contributed by atoms with Crippen LogP contribution in [0.3, 0.4) is 0 Å². The molecule has 0 aliphatic rings. The van der Waals surface area contributed by atoms with Crippen molar-refractivity contribution in [2.45, 2.75) is 6.54 Å². The molecule has 0 fully saturated rings. The lowest BCUT2D eigenvalue weighted by molar-refractivity contribution is 1.07. The van der Waals surface area contributed by atoms with Crippen LogP contribution in [0.15, 0.2) is 271 Å². The zero-order valence-corrected chi connectivity index (χ0v) is 40.7. The lowest BCUT2D eigenvalue weighted by Gasteiger charge is -2.14. The van der Waals surface area contributed by atoms with Gasteiger partial charge in [-0.1, -0.05) is 224 Å². The van der Waals surface area contributed by atoms with Gasteiger partial charge in [0.05, 0.1) is 17.6 Å². The number of amidine groups is 2. The second-order valence-corrected chi connectivity index (χ2v) is 18.0. The van der Waals surface area contributed by atoms with Crippen molar-refractivity contribution < 1.29 is 0 Å². The summed E-state index contributed by atoms with van der Waals surface area (Å²) in [6.45, 7) is 0.374. The molecule has 1 N–H and O–H groups in total. The molecule has 7 heteroatoms. The average Bonchev–Trinajstić information content (AvgIpc) is 3.84. The summed E-state index contributed by atoms with van der Waals surface area (Å²) in [6, 6.07) is 90.7. The molecule has 74 heavy (non-hydrogen) atoms. The monoisotopic (exact) mass is 951 g/mol. The van der Waals surface area contributed by atoms with E-state index in [1.54, 1.807) is 0 Å². The SMILES string of the molecule is CN/C(=N\C(=N/Cc1cccc2c1c1c(-c3cccc(-c4nc(-c5ccccc5)nc(-c5ccccc5)n4)c3)cccc1n2-c1cc(-c2ccccc2)cc(-c2ccccc2)c1)c1ccccc1)c1ccccc1. The molecular weight excluding hydrogens is 903 g/mol. The summed E-state index contributed by atoms with van der Waals surface area (Å²) in [7, 11) is 1.90. The van der Waals surface area contributed by atoms with E-state index in [1.807, 2.05) is 104 Å². The molecular formula is C67H49N7. The maximum absolute atomic E-state index is 5.40. The van der Waals surface area contributed by atoms with Gasteiger partial charge in [0.2, 0.25) is 0 Å². The first-order valence-electron chi connectivity index (χ1n) is 24.9. The van der Waals surface area contributed by atoms with Crippen LogP contribution in [0.2, 0.25) is 0 Å². The fraction of sp³-hybridized carbons (Fsp3) is 0.0299. The zero-order valence-electron chi connectivity index (χ0n) is 40.7. The molecule has 12 aromatic rings. The van der Waals surface area contributed by atoms with Gasteiger partial charge >= 0.3 is 0 Å². The van der Waals surface area contributed by atoms with Gasteiger partial charge in [0.25, 0.3) is 0 Å². The smallest absolute Gasteiger partial charge is 0.164 e. The third-order valence-electron chi connectivity index (χ3n) is 13.4. The van der Waals surface area contributed by atoms with Crippen molar-refractivity contribution in [1.82, 2.24) is 24.8 Å². The molecule has 12 rings (SSSR count). The van der Waals surface area contributed by atoms with Crippen LogP contribution in [-0.4, -0.2) is 38.2 Å². The number of nitrogens with zero attached hydrogens (tertiary/aromatic N) is 6. The third kappa shape index (κ3) is 9.18. The lowest BCUT2D eigenvalue weighted by Crippen LogP contribution is -2.21.